The maximum Gasteiger partial charge on any atom is 0.373 e. The number of carboxylic acid groups (broad SMARTS) is 1. The van der Waals surface area contributed by atoms with Crippen LogP contribution < -0.4 is 5.56 Å². The minimum Gasteiger partial charge on any atom is -0.475 e. The molecule has 3 N–H and O–H groups in total. The van der Waals surface area contributed by atoms with Crippen LogP contribution in [0.25, 0.3) is 0 Å². The molecule has 33 heteroatoms. The first-order valence-corrected chi connectivity index (χ1v) is 35.3. The molecule has 9 aromatic rings. The number of hydrogen-bond donors (Lipinski definition) is 3. The van der Waals surface area contributed by atoms with Gasteiger partial charge in [-0.3, -0.25) is 24.0 Å². The molecule has 0 amide bonds. The summed E-state index contributed by atoms with van der Waals surface area (Å²) < 4.78 is 18.8. The Morgan fingerprint density at radius 3 is 1.12 bits per heavy atom. The Morgan fingerprint density at radius 1 is 0.452 bits per heavy atom. The summed E-state index contributed by atoms with van der Waals surface area (Å²) in [7, 11) is 5.65. The lowest BCUT2D eigenvalue weighted by Gasteiger charge is -2.12. The van der Waals surface area contributed by atoms with E-state index in [1.165, 1.54) is 28.1 Å². The van der Waals surface area contributed by atoms with E-state index in [9.17, 15) is 28.8 Å². The maximum atomic E-state index is 12.1. The first-order chi connectivity index (χ1) is 49.0. The standard InChI is InChI=1S/C14H13Cl3N2O.C14H14Cl2N2O2.C13H9Cl3N2O2.C13H11Cl3N2O.C12H12Cl2O3.C5H8O3/c1-8-11(14(17)19-13(18-8)7-20-2)5-9-3-4-10(15)6-12(9)16;1-8-11(14(19)18-13(17-8)7-20-2)5-9-3-4-10(15)6-12(9)16;1-6-9(11(16)18-12(17-6)13(19)20)4-7-2-3-8(14)5-10(7)15;1-7-10(13(16)18-12(6-19)17-7)4-8-2-3-9(14)5-11(8)15;1-7(15)10(12(16)17-2)5-8-3-4-9(13)6-11(8)14;1-4(6)3-5(7)8-2/h3-4,6H,5,7H2,1-2H3;3-4,6H,5,7H2,1-2H3,(H,17,18,19);2-3,5H,4H2,1H3,(H,19,20);2-3,5,19H,4,6H2,1H3;3-4,6,10H,5H2,1-2H3;3H2,1-2H3. The molecule has 104 heavy (non-hydrogen) atoms. The Bertz CT molecular complexity index is 4520. The first kappa shape index (κ1) is 90.0. The fourth-order valence-corrected chi connectivity index (χ4v) is 12.3. The molecular weight excluding hydrogens is 1620 g/mol. The highest BCUT2D eigenvalue weighted by atomic mass is 35.5. The number of esters is 2. The zero-order valence-electron chi connectivity index (χ0n) is 57.1. The minimum absolute atomic E-state index is 0.112. The highest BCUT2D eigenvalue weighted by Gasteiger charge is 2.26. The molecule has 5 aromatic carbocycles. The fraction of sp³-hybridized carbons (Fsp3) is 0.282. The van der Waals surface area contributed by atoms with Crippen molar-refractivity contribution in [2.75, 3.05) is 28.4 Å². The van der Waals surface area contributed by atoms with Crippen molar-refractivity contribution in [2.45, 2.75) is 99.9 Å². The average molecular weight is 1690 g/mol. The van der Waals surface area contributed by atoms with E-state index in [1.54, 1.807) is 101 Å². The van der Waals surface area contributed by atoms with E-state index in [0.717, 1.165) is 44.8 Å². The first-order valence-electron chi connectivity index (χ1n) is 30.3. The second-order valence-corrected chi connectivity index (χ2v) is 27.3. The van der Waals surface area contributed by atoms with E-state index in [-0.39, 0.29) is 54.2 Å². The molecule has 554 valence electrons. The highest BCUT2D eigenvalue weighted by Crippen LogP contribution is 2.32. The number of ether oxygens (including phenoxy) is 4. The monoisotopic (exact) mass is 1680 g/mol. The van der Waals surface area contributed by atoms with E-state index >= 15 is 0 Å². The van der Waals surface area contributed by atoms with Gasteiger partial charge in [0.2, 0.25) is 5.82 Å². The third-order valence-electron chi connectivity index (χ3n) is 14.3. The summed E-state index contributed by atoms with van der Waals surface area (Å²) in [6.07, 6.45) is 2.01. The quantitative estimate of drug-likeness (QED) is 0.0363. The lowest BCUT2D eigenvalue weighted by Crippen LogP contribution is -2.25. The molecule has 0 saturated heterocycles. The van der Waals surface area contributed by atoms with Gasteiger partial charge in [-0.2, -0.15) is 0 Å². The number of aliphatic hydroxyl groups excluding tert-OH is 1. The average Bonchev–Trinajstić information content (AvgIpc) is 0.901. The van der Waals surface area contributed by atoms with Crippen LogP contribution in [-0.4, -0.2) is 108 Å². The summed E-state index contributed by atoms with van der Waals surface area (Å²) >= 11 is 78.1. The SMILES string of the molecule is COC(=O)C(Cc1ccc(Cl)cc1Cl)C(C)=O.COC(=O)CC(C)=O.COCc1nc(C)c(Cc2ccc(Cl)cc2Cl)c(=O)[nH]1.COCc1nc(C)c(Cc2ccc(Cl)cc2Cl)c(Cl)n1.Cc1nc(C(=O)O)nc(Cl)c1Cc1ccc(Cl)cc1Cl.Cc1nc(CO)nc(Cl)c1Cc1ccc(Cl)cc1Cl. The molecule has 0 saturated carbocycles. The molecule has 1 atom stereocenters. The van der Waals surface area contributed by atoms with Crippen LogP contribution in [0, 0.1) is 33.6 Å². The van der Waals surface area contributed by atoms with Crippen LogP contribution in [0.15, 0.2) is 95.8 Å². The molecule has 9 rings (SSSR count). The van der Waals surface area contributed by atoms with Crippen LogP contribution in [0.3, 0.4) is 0 Å². The lowest BCUT2D eigenvalue weighted by atomic mass is 9.96. The van der Waals surface area contributed by atoms with E-state index < -0.39 is 23.8 Å². The number of nitrogens with zero attached hydrogens (tertiary/aromatic N) is 7. The van der Waals surface area contributed by atoms with Crippen molar-refractivity contribution in [3.63, 3.8) is 0 Å². The number of carbonyl (C=O) groups is 5. The van der Waals surface area contributed by atoms with Gasteiger partial charge >= 0.3 is 17.9 Å². The fourth-order valence-electron chi connectivity index (χ4n) is 8.98. The molecular formula is C71H67Cl13N8O12. The molecule has 0 spiro atoms. The normalized spacial score (nSPS) is 10.8. The molecule has 4 aromatic heterocycles. The Morgan fingerprint density at radius 2 is 0.808 bits per heavy atom. The Kier molecular flexibility index (Phi) is 38.7. The summed E-state index contributed by atoms with van der Waals surface area (Å²) in [6, 6.07) is 26.0. The molecule has 0 fully saturated rings. The van der Waals surface area contributed by atoms with E-state index in [0.29, 0.717) is 138 Å². The van der Waals surface area contributed by atoms with Gasteiger partial charge in [0, 0.05) is 135 Å². The van der Waals surface area contributed by atoms with Gasteiger partial charge < -0.3 is 34.1 Å². The third-order valence-corrected chi connectivity index (χ3v) is 18.2. The topological polar surface area (TPSA) is 286 Å². The molecule has 0 aliphatic carbocycles. The molecule has 0 radical (unpaired) electrons. The van der Waals surface area contributed by atoms with Crippen LogP contribution in [-0.2, 0) is 90.1 Å². The zero-order valence-corrected chi connectivity index (χ0v) is 66.9. The highest BCUT2D eigenvalue weighted by molar-refractivity contribution is 6.38. The number of methoxy groups -OCH3 is 4. The maximum absolute atomic E-state index is 12.1. The summed E-state index contributed by atoms with van der Waals surface area (Å²) in [5.74, 6) is -2.40. The number of aromatic amines is 1. The van der Waals surface area contributed by atoms with Crippen LogP contribution in [0.1, 0.15) is 121 Å². The van der Waals surface area contributed by atoms with Gasteiger partial charge in [0.05, 0.1) is 14.2 Å². The van der Waals surface area contributed by atoms with Crippen molar-refractivity contribution >= 4 is 180 Å². The van der Waals surface area contributed by atoms with Crippen molar-refractivity contribution in [2.24, 2.45) is 5.92 Å². The van der Waals surface area contributed by atoms with Crippen molar-refractivity contribution in [1.29, 1.82) is 0 Å². The number of nitrogens with one attached hydrogen (secondary N) is 1. The predicted octanol–water partition coefficient (Wildman–Crippen LogP) is 18.5. The van der Waals surface area contributed by atoms with E-state index in [4.69, 9.17) is 170 Å². The van der Waals surface area contributed by atoms with Crippen LogP contribution in [0.5, 0.6) is 0 Å². The molecule has 4 heterocycles. The summed E-state index contributed by atoms with van der Waals surface area (Å²) in [5.41, 5.74) is 9.63. The molecule has 0 aliphatic rings. The minimum atomic E-state index is -1.22. The number of carbonyl (C=O) groups excluding carboxylic acids is 4. The molecule has 20 nitrogen and oxygen atoms in total. The number of Topliss-reactive ketones (excluding diaryl/α,β-unsaturated/α-hetero) is 2. The van der Waals surface area contributed by atoms with Gasteiger partial charge in [-0.05, 0) is 136 Å². The van der Waals surface area contributed by atoms with Crippen molar-refractivity contribution in [3.05, 3.63) is 263 Å². The number of aryl methyl sites for hydroxylation is 4. The number of carboxylic acids is 1. The second-order valence-electron chi connectivity index (χ2n) is 22.0. The van der Waals surface area contributed by atoms with Crippen LogP contribution in [0.2, 0.25) is 65.7 Å². The third kappa shape index (κ3) is 29.4. The molecule has 0 bridgehead atoms. The largest absolute Gasteiger partial charge is 0.475 e. The number of benzene rings is 5. The predicted molar refractivity (Wildman–Crippen MR) is 410 cm³/mol. The van der Waals surface area contributed by atoms with Gasteiger partial charge in [0.25, 0.3) is 5.56 Å². The van der Waals surface area contributed by atoms with Crippen molar-refractivity contribution in [3.8, 4) is 0 Å². The number of halogens is 13. The van der Waals surface area contributed by atoms with Crippen molar-refractivity contribution in [1.82, 2.24) is 39.9 Å². The van der Waals surface area contributed by atoms with Gasteiger partial charge in [-0.1, -0.05) is 181 Å². The number of ketones is 2. The van der Waals surface area contributed by atoms with Crippen molar-refractivity contribution < 1.29 is 53.1 Å². The second kappa shape index (κ2) is 44.7. The summed E-state index contributed by atoms with van der Waals surface area (Å²) in [4.78, 5) is 97.5. The number of aromatic carboxylic acids is 1. The summed E-state index contributed by atoms with van der Waals surface area (Å²) in [5, 5.41) is 24.2. The van der Waals surface area contributed by atoms with Crippen LogP contribution >= 0.6 is 151 Å². The van der Waals surface area contributed by atoms with Gasteiger partial charge in [0.1, 0.15) is 65.0 Å². The van der Waals surface area contributed by atoms with Gasteiger partial charge in [-0.15, -0.1) is 0 Å². The number of H-pyrrole nitrogens is 1. The van der Waals surface area contributed by atoms with Crippen LogP contribution in [0.4, 0.5) is 0 Å². The van der Waals surface area contributed by atoms with E-state index in [2.05, 4.69) is 49.3 Å². The number of aliphatic hydroxyl groups is 1. The Hall–Kier alpha value is -6.38. The lowest BCUT2D eigenvalue weighted by molar-refractivity contribution is -0.149. The summed E-state index contributed by atoms with van der Waals surface area (Å²) in [6.45, 7) is 10.3. The smallest absolute Gasteiger partial charge is 0.373 e. The van der Waals surface area contributed by atoms with Gasteiger partial charge in [-0.25, -0.2) is 39.7 Å². The number of rotatable bonds is 20. The van der Waals surface area contributed by atoms with Gasteiger partial charge in [0.15, 0.2) is 11.6 Å². The van der Waals surface area contributed by atoms with E-state index in [1.807, 2.05) is 32.0 Å². The molecule has 0 aliphatic heterocycles. The zero-order chi connectivity index (χ0) is 77.8. The number of aromatic nitrogens is 8. The number of hydrogen-bond acceptors (Lipinski definition) is 18. The molecule has 1 unspecified atom stereocenters. The Labute approximate surface area is 665 Å². The Balaban J connectivity index is 0.000000268.